The van der Waals surface area contributed by atoms with Gasteiger partial charge < -0.3 is 5.32 Å². The van der Waals surface area contributed by atoms with E-state index in [-0.39, 0.29) is 17.6 Å². The first kappa shape index (κ1) is 14.9. The molecule has 5 heteroatoms. The number of nitrogens with one attached hydrogen (secondary N) is 1. The molecule has 106 valence electrons. The summed E-state index contributed by atoms with van der Waals surface area (Å²) in [5.74, 6) is -0.982. The van der Waals surface area contributed by atoms with Gasteiger partial charge in [0, 0.05) is 36.8 Å². The van der Waals surface area contributed by atoms with Crippen molar-refractivity contribution >= 4 is 15.9 Å². The summed E-state index contributed by atoms with van der Waals surface area (Å²) >= 11 is 3.11. The van der Waals surface area contributed by atoms with Gasteiger partial charge in [0.05, 0.1) is 4.47 Å². The average molecular weight is 333 g/mol. The summed E-state index contributed by atoms with van der Waals surface area (Å²) in [4.78, 5) is 2.13. The van der Waals surface area contributed by atoms with Gasteiger partial charge >= 0.3 is 0 Å². The maximum atomic E-state index is 14.0. The third kappa shape index (κ3) is 3.15. The molecule has 0 saturated carbocycles. The molecule has 0 aromatic heterocycles. The van der Waals surface area contributed by atoms with E-state index in [4.69, 9.17) is 0 Å². The van der Waals surface area contributed by atoms with Crippen LogP contribution in [-0.4, -0.2) is 29.6 Å². The fraction of sp³-hybridized carbons (Fsp3) is 0.571. The van der Waals surface area contributed by atoms with Crippen LogP contribution >= 0.6 is 15.9 Å². The van der Waals surface area contributed by atoms with Gasteiger partial charge in [-0.3, -0.25) is 4.90 Å². The van der Waals surface area contributed by atoms with Crippen molar-refractivity contribution in [2.45, 2.75) is 38.9 Å². The fourth-order valence-corrected chi connectivity index (χ4v) is 2.73. The van der Waals surface area contributed by atoms with Gasteiger partial charge in [0.15, 0.2) is 0 Å². The molecular weight excluding hydrogens is 314 g/mol. The lowest BCUT2D eigenvalue weighted by molar-refractivity contribution is 0.0605. The molecule has 1 saturated heterocycles. The first-order chi connectivity index (χ1) is 8.81. The number of piperazine rings is 1. The number of benzene rings is 1. The summed E-state index contributed by atoms with van der Waals surface area (Å²) in [5.41, 5.74) is 0.0183. The topological polar surface area (TPSA) is 15.3 Å². The molecule has 2 nitrogen and oxygen atoms in total. The SMILES string of the molecule is CC1CN(Cc2c(F)ccc(Br)c2F)C(C)(C)CN1. The first-order valence-electron chi connectivity index (χ1n) is 6.42. The zero-order chi connectivity index (χ0) is 14.2. The highest BCUT2D eigenvalue weighted by atomic mass is 79.9. The van der Waals surface area contributed by atoms with Gasteiger partial charge in [-0.15, -0.1) is 0 Å². The summed E-state index contributed by atoms with van der Waals surface area (Å²) in [6.07, 6.45) is 0. The molecule has 1 aliphatic heterocycles. The molecule has 1 unspecified atom stereocenters. The zero-order valence-corrected chi connectivity index (χ0v) is 13.0. The third-order valence-electron chi connectivity index (χ3n) is 3.72. The summed E-state index contributed by atoms with van der Waals surface area (Å²) in [5, 5.41) is 3.39. The van der Waals surface area contributed by atoms with Crippen LogP contribution < -0.4 is 5.32 Å². The first-order valence-corrected chi connectivity index (χ1v) is 7.21. The zero-order valence-electron chi connectivity index (χ0n) is 11.4. The predicted octanol–water partition coefficient (Wildman–Crippen LogP) is 3.30. The van der Waals surface area contributed by atoms with Crippen LogP contribution in [-0.2, 0) is 6.54 Å². The molecule has 0 amide bonds. The Morgan fingerprint density at radius 1 is 1.42 bits per heavy atom. The van der Waals surface area contributed by atoms with Crippen LogP contribution in [0.5, 0.6) is 0 Å². The highest BCUT2D eigenvalue weighted by Gasteiger charge is 2.33. The van der Waals surface area contributed by atoms with Gasteiger partial charge in [-0.25, -0.2) is 8.78 Å². The fourth-order valence-electron chi connectivity index (χ4n) is 2.36. The summed E-state index contributed by atoms with van der Waals surface area (Å²) in [7, 11) is 0. The van der Waals surface area contributed by atoms with Gasteiger partial charge in [-0.1, -0.05) is 0 Å². The highest BCUT2D eigenvalue weighted by molar-refractivity contribution is 9.10. The van der Waals surface area contributed by atoms with Crippen LogP contribution in [0, 0.1) is 11.6 Å². The second-order valence-corrected chi connectivity index (χ2v) is 6.65. The van der Waals surface area contributed by atoms with Gasteiger partial charge in [-0.2, -0.15) is 0 Å². The van der Waals surface area contributed by atoms with Crippen LogP contribution in [0.4, 0.5) is 8.78 Å². The molecule has 1 aliphatic rings. The molecule has 0 aliphatic carbocycles. The normalized spacial score (nSPS) is 23.6. The van der Waals surface area contributed by atoms with E-state index in [1.807, 2.05) is 0 Å². The van der Waals surface area contributed by atoms with Crippen molar-refractivity contribution < 1.29 is 8.78 Å². The standard InChI is InChI=1S/C14H19BrF2N2/c1-9-6-19(14(2,3)8-18-9)7-10-12(16)5-4-11(15)13(10)17/h4-5,9,18H,6-8H2,1-3H3. The van der Waals surface area contributed by atoms with E-state index in [1.54, 1.807) is 0 Å². The molecule has 0 radical (unpaired) electrons. The Morgan fingerprint density at radius 3 is 2.79 bits per heavy atom. The van der Waals surface area contributed by atoms with Crippen molar-refractivity contribution in [2.24, 2.45) is 0 Å². The van der Waals surface area contributed by atoms with Gasteiger partial charge in [0.25, 0.3) is 0 Å². The smallest absolute Gasteiger partial charge is 0.144 e. The Bertz CT molecular complexity index is 477. The Kier molecular flexibility index (Phi) is 4.28. The van der Waals surface area contributed by atoms with E-state index in [9.17, 15) is 8.78 Å². The van der Waals surface area contributed by atoms with Crippen molar-refractivity contribution in [1.29, 1.82) is 0 Å². The van der Waals surface area contributed by atoms with Crippen molar-refractivity contribution in [3.8, 4) is 0 Å². The number of rotatable bonds is 2. The molecule has 19 heavy (non-hydrogen) atoms. The van der Waals surface area contributed by atoms with Crippen LogP contribution in [0.25, 0.3) is 0 Å². The molecule has 1 aromatic carbocycles. The lowest BCUT2D eigenvalue weighted by Crippen LogP contribution is -2.60. The van der Waals surface area contributed by atoms with E-state index in [0.29, 0.717) is 10.5 Å². The van der Waals surface area contributed by atoms with Crippen molar-refractivity contribution in [1.82, 2.24) is 10.2 Å². The molecule has 0 bridgehead atoms. The largest absolute Gasteiger partial charge is 0.311 e. The maximum Gasteiger partial charge on any atom is 0.144 e. The van der Waals surface area contributed by atoms with Crippen molar-refractivity contribution in [3.63, 3.8) is 0 Å². The van der Waals surface area contributed by atoms with Crippen LogP contribution in [0.2, 0.25) is 0 Å². The average Bonchev–Trinajstić information content (AvgIpc) is 2.34. The molecular formula is C14H19BrF2N2. The van der Waals surface area contributed by atoms with Gasteiger partial charge in [0.1, 0.15) is 11.6 Å². The van der Waals surface area contributed by atoms with Crippen LogP contribution in [0.1, 0.15) is 26.3 Å². The second-order valence-electron chi connectivity index (χ2n) is 5.80. The Morgan fingerprint density at radius 2 is 2.11 bits per heavy atom. The molecule has 1 N–H and O–H groups in total. The summed E-state index contributed by atoms with van der Waals surface area (Å²) in [6.45, 7) is 8.12. The molecule has 2 rings (SSSR count). The predicted molar refractivity (Wildman–Crippen MR) is 76.0 cm³/mol. The quantitative estimate of drug-likeness (QED) is 0.836. The minimum Gasteiger partial charge on any atom is -0.311 e. The number of nitrogens with zero attached hydrogens (tertiary/aromatic N) is 1. The number of hydrogen-bond donors (Lipinski definition) is 1. The lowest BCUT2D eigenvalue weighted by atomic mass is 9.96. The monoisotopic (exact) mass is 332 g/mol. The van der Waals surface area contributed by atoms with Gasteiger partial charge in [0.2, 0.25) is 0 Å². The highest BCUT2D eigenvalue weighted by Crippen LogP contribution is 2.27. The van der Waals surface area contributed by atoms with Crippen LogP contribution in [0.3, 0.4) is 0 Å². The van der Waals surface area contributed by atoms with E-state index < -0.39 is 11.6 Å². The van der Waals surface area contributed by atoms with Gasteiger partial charge in [-0.05, 0) is 48.8 Å². The lowest BCUT2D eigenvalue weighted by Gasteiger charge is -2.45. The Balaban J connectivity index is 2.27. The third-order valence-corrected chi connectivity index (χ3v) is 4.33. The molecule has 0 spiro atoms. The Labute approximate surface area is 121 Å². The van der Waals surface area contributed by atoms with Crippen molar-refractivity contribution in [2.75, 3.05) is 13.1 Å². The minimum absolute atomic E-state index is 0.117. The second kappa shape index (κ2) is 5.46. The van der Waals surface area contributed by atoms with E-state index in [0.717, 1.165) is 13.1 Å². The number of hydrogen-bond acceptors (Lipinski definition) is 2. The number of halogens is 3. The molecule has 1 atom stereocenters. The minimum atomic E-state index is -0.498. The molecule has 1 fully saturated rings. The Hall–Kier alpha value is -0.520. The molecule has 1 aromatic rings. The summed E-state index contributed by atoms with van der Waals surface area (Å²) < 4.78 is 28.2. The van der Waals surface area contributed by atoms with Crippen LogP contribution in [0.15, 0.2) is 16.6 Å². The summed E-state index contributed by atoms with van der Waals surface area (Å²) in [6, 6.07) is 3.03. The molecule has 1 heterocycles. The van der Waals surface area contributed by atoms with E-state index in [1.165, 1.54) is 12.1 Å². The van der Waals surface area contributed by atoms with E-state index in [2.05, 4.69) is 46.9 Å². The van der Waals surface area contributed by atoms with E-state index >= 15 is 0 Å². The maximum absolute atomic E-state index is 14.0. The van der Waals surface area contributed by atoms with Crippen molar-refractivity contribution in [3.05, 3.63) is 33.8 Å².